The number of phenols is 2. The summed E-state index contributed by atoms with van der Waals surface area (Å²) in [7, 11) is 3.06. The number of benzene rings is 6. The summed E-state index contributed by atoms with van der Waals surface area (Å²) in [6.07, 6.45) is 0. The van der Waals surface area contributed by atoms with Crippen molar-refractivity contribution >= 4 is 11.7 Å². The number of phenolic OH excluding ortho intramolecular Hbond substituents is 2. The molecule has 0 fully saturated rings. The summed E-state index contributed by atoms with van der Waals surface area (Å²) in [4.78, 5) is 0. The van der Waals surface area contributed by atoms with Gasteiger partial charge in [0.25, 0.3) is 0 Å². The highest BCUT2D eigenvalue weighted by Crippen LogP contribution is 2.41. The second-order valence-electron chi connectivity index (χ2n) is 11.8. The lowest BCUT2D eigenvalue weighted by Crippen LogP contribution is -2.15. The number of halogens is 2. The number of nitrogens with two attached hydrogens (primary N) is 2. The quantitative estimate of drug-likeness (QED) is 0.0395. The van der Waals surface area contributed by atoms with Crippen molar-refractivity contribution in [2.24, 2.45) is 21.8 Å². The van der Waals surface area contributed by atoms with Gasteiger partial charge in [-0.3, -0.25) is 0 Å². The van der Waals surface area contributed by atoms with Crippen LogP contribution < -0.4 is 20.9 Å². The van der Waals surface area contributed by atoms with E-state index in [9.17, 15) is 29.4 Å². The van der Waals surface area contributed by atoms with Crippen LogP contribution in [-0.2, 0) is 0 Å². The van der Waals surface area contributed by atoms with E-state index in [0.29, 0.717) is 33.8 Å². The Bertz CT molecular complexity index is 2290. The van der Waals surface area contributed by atoms with E-state index in [1.807, 2.05) is 55.5 Å². The van der Waals surface area contributed by atoms with Crippen LogP contribution in [0.3, 0.4) is 0 Å². The minimum absolute atomic E-state index is 0.0228. The van der Waals surface area contributed by atoms with Crippen LogP contribution in [0.5, 0.6) is 23.0 Å². The number of methoxy groups -OCH3 is 2. The summed E-state index contributed by atoms with van der Waals surface area (Å²) in [5, 5.41) is 43.8. The molecule has 0 atom stereocenters. The molecule has 8 N–H and O–H groups in total. The minimum Gasteiger partial charge on any atom is -0.508 e. The van der Waals surface area contributed by atoms with Crippen molar-refractivity contribution in [2.45, 2.75) is 6.92 Å². The van der Waals surface area contributed by atoms with Crippen LogP contribution in [0.15, 0.2) is 126 Å². The van der Waals surface area contributed by atoms with Crippen LogP contribution in [0.2, 0.25) is 0 Å². The Morgan fingerprint density at radius 3 is 1.58 bits per heavy atom. The molecular weight excluding hydrogens is 682 g/mol. The van der Waals surface area contributed by atoms with Crippen LogP contribution in [0, 0.1) is 18.6 Å². The van der Waals surface area contributed by atoms with Gasteiger partial charge in [-0.25, -0.2) is 8.78 Å². The van der Waals surface area contributed by atoms with Crippen molar-refractivity contribution < 1.29 is 38.9 Å². The summed E-state index contributed by atoms with van der Waals surface area (Å²) >= 11 is 0. The number of hydrogen-bond acceptors (Lipinski definition) is 8. The summed E-state index contributed by atoms with van der Waals surface area (Å²) < 4.78 is 38.5. The molecular formula is C41H36F2N4O6. The van der Waals surface area contributed by atoms with Crippen molar-refractivity contribution in [3.8, 4) is 67.5 Å². The highest BCUT2D eigenvalue weighted by Gasteiger charge is 2.21. The van der Waals surface area contributed by atoms with Crippen LogP contribution in [-0.4, -0.2) is 46.5 Å². The van der Waals surface area contributed by atoms with Gasteiger partial charge in [0.05, 0.1) is 14.2 Å². The molecule has 12 heteroatoms. The van der Waals surface area contributed by atoms with Gasteiger partial charge in [-0.15, -0.1) is 0 Å². The van der Waals surface area contributed by atoms with E-state index < -0.39 is 11.6 Å². The Hall–Kier alpha value is -7.08. The zero-order valence-electron chi connectivity index (χ0n) is 28.9. The fourth-order valence-corrected chi connectivity index (χ4v) is 5.92. The lowest BCUT2D eigenvalue weighted by Gasteiger charge is -2.18. The number of rotatable bonds is 8. The molecule has 6 aromatic carbocycles. The molecule has 53 heavy (non-hydrogen) atoms. The van der Waals surface area contributed by atoms with Crippen molar-refractivity contribution in [2.75, 3.05) is 14.2 Å². The molecule has 0 aliphatic rings. The van der Waals surface area contributed by atoms with Crippen molar-refractivity contribution in [3.05, 3.63) is 144 Å². The average Bonchev–Trinajstić information content (AvgIpc) is 3.16. The standard InChI is InChI=1S/C21H20N2O3.C20H16F2N2O3/c1-13-11-17(14-7-9-15(24)10-8-14)20(18(12-13)21(22)23-25)16-5-3-4-6-19(16)26-2;1-27-16-9-17(11-2-4-15(25)5-3-11)19(18(10-16)20(23)24-26)12-6-13(21)8-14(22)7-12/h3-12,24-25H,1-2H3,(H2,22,23);2-10,25-26H,1H3,(H2,23,24). The second kappa shape index (κ2) is 16.3. The van der Waals surface area contributed by atoms with Crippen LogP contribution in [0.1, 0.15) is 16.7 Å². The predicted octanol–water partition coefficient (Wildman–Crippen LogP) is 8.25. The normalized spacial score (nSPS) is 11.4. The first-order valence-corrected chi connectivity index (χ1v) is 16.0. The predicted molar refractivity (Wildman–Crippen MR) is 201 cm³/mol. The molecule has 0 amide bonds. The molecule has 0 spiro atoms. The third-order valence-electron chi connectivity index (χ3n) is 8.28. The number of nitrogens with zero attached hydrogens (tertiary/aromatic N) is 2. The minimum atomic E-state index is -0.761. The zero-order chi connectivity index (χ0) is 38.2. The fraction of sp³-hybridized carbons (Fsp3) is 0.0732. The molecule has 0 saturated carbocycles. The number of hydrogen-bond donors (Lipinski definition) is 6. The van der Waals surface area contributed by atoms with Crippen LogP contribution in [0.4, 0.5) is 8.78 Å². The van der Waals surface area contributed by atoms with E-state index in [-0.39, 0.29) is 34.3 Å². The van der Waals surface area contributed by atoms with E-state index in [4.69, 9.17) is 20.9 Å². The van der Waals surface area contributed by atoms with E-state index in [1.54, 1.807) is 37.4 Å². The van der Waals surface area contributed by atoms with Gasteiger partial charge in [-0.1, -0.05) is 58.8 Å². The van der Waals surface area contributed by atoms with Crippen LogP contribution >= 0.6 is 0 Å². The van der Waals surface area contributed by atoms with Gasteiger partial charge < -0.3 is 41.6 Å². The molecule has 0 heterocycles. The number of para-hydroxylation sites is 1. The molecule has 6 aromatic rings. The first-order valence-electron chi connectivity index (χ1n) is 16.0. The molecule has 0 aliphatic heterocycles. The van der Waals surface area contributed by atoms with E-state index >= 15 is 0 Å². The Morgan fingerprint density at radius 2 is 1.08 bits per heavy atom. The number of aryl methyl sites for hydroxylation is 1. The Morgan fingerprint density at radius 1 is 0.566 bits per heavy atom. The first kappa shape index (κ1) is 37.2. The van der Waals surface area contributed by atoms with E-state index in [2.05, 4.69) is 10.3 Å². The molecule has 6 rings (SSSR count). The van der Waals surface area contributed by atoms with Gasteiger partial charge in [-0.05, 0) is 101 Å². The van der Waals surface area contributed by atoms with E-state index in [0.717, 1.165) is 46.0 Å². The maximum atomic E-state index is 13.9. The van der Waals surface area contributed by atoms with Gasteiger partial charge in [0.2, 0.25) is 0 Å². The molecule has 0 aliphatic carbocycles. The summed E-state index contributed by atoms with van der Waals surface area (Å²) in [6, 6.07) is 30.9. The Kier molecular flexibility index (Phi) is 11.4. The SMILES string of the molecule is COc1cc(C(N)=NO)c(-c2cc(F)cc(F)c2)c(-c2ccc(O)cc2)c1.COc1ccccc1-c1c(C(N)=NO)cc(C)cc1-c1ccc(O)cc1. The molecule has 0 saturated heterocycles. The van der Waals surface area contributed by atoms with E-state index in [1.165, 1.54) is 25.3 Å². The highest BCUT2D eigenvalue weighted by atomic mass is 19.1. The third-order valence-corrected chi connectivity index (χ3v) is 8.28. The molecule has 0 aromatic heterocycles. The lowest BCUT2D eigenvalue weighted by atomic mass is 9.88. The molecule has 0 unspecified atom stereocenters. The third kappa shape index (κ3) is 8.29. The second-order valence-corrected chi connectivity index (χ2v) is 11.8. The number of amidine groups is 2. The summed E-state index contributed by atoms with van der Waals surface area (Å²) in [5.41, 5.74) is 18.8. The Labute approximate surface area is 304 Å². The fourth-order valence-electron chi connectivity index (χ4n) is 5.92. The summed E-state index contributed by atoms with van der Waals surface area (Å²) in [6.45, 7) is 1.95. The molecule has 0 bridgehead atoms. The van der Waals surface area contributed by atoms with Crippen molar-refractivity contribution in [3.63, 3.8) is 0 Å². The van der Waals surface area contributed by atoms with Gasteiger partial charge >= 0.3 is 0 Å². The highest BCUT2D eigenvalue weighted by molar-refractivity contribution is 6.08. The van der Waals surface area contributed by atoms with Crippen LogP contribution in [0.25, 0.3) is 44.5 Å². The van der Waals surface area contributed by atoms with Gasteiger partial charge in [-0.2, -0.15) is 0 Å². The van der Waals surface area contributed by atoms with Gasteiger partial charge in [0.1, 0.15) is 34.6 Å². The van der Waals surface area contributed by atoms with Gasteiger partial charge in [0.15, 0.2) is 11.7 Å². The molecule has 0 radical (unpaired) electrons. The van der Waals surface area contributed by atoms with Crippen molar-refractivity contribution in [1.29, 1.82) is 0 Å². The maximum absolute atomic E-state index is 13.9. The Balaban J connectivity index is 0.000000204. The monoisotopic (exact) mass is 718 g/mol. The zero-order valence-corrected chi connectivity index (χ0v) is 28.9. The largest absolute Gasteiger partial charge is 0.508 e. The summed E-state index contributed by atoms with van der Waals surface area (Å²) in [5.74, 6) is -0.397. The smallest absolute Gasteiger partial charge is 0.170 e. The number of aromatic hydroxyl groups is 2. The number of ether oxygens (including phenoxy) is 2. The van der Waals surface area contributed by atoms with Crippen molar-refractivity contribution in [1.82, 2.24) is 0 Å². The number of oxime groups is 2. The molecule has 270 valence electrons. The van der Waals surface area contributed by atoms with Gasteiger partial charge in [0, 0.05) is 33.9 Å². The lowest BCUT2D eigenvalue weighted by molar-refractivity contribution is 0.318. The average molecular weight is 719 g/mol. The topological polar surface area (TPSA) is 176 Å². The maximum Gasteiger partial charge on any atom is 0.170 e. The first-order chi connectivity index (χ1) is 25.5. The molecule has 10 nitrogen and oxygen atoms in total.